The topological polar surface area (TPSA) is 6.48 Å². The van der Waals surface area contributed by atoms with E-state index >= 15 is 0 Å². The van der Waals surface area contributed by atoms with Crippen LogP contribution in [-0.2, 0) is 43.3 Å². The van der Waals surface area contributed by atoms with Crippen LogP contribution in [0.25, 0.3) is 11.1 Å². The summed E-state index contributed by atoms with van der Waals surface area (Å²) in [6.07, 6.45) is 4.62. The van der Waals surface area contributed by atoms with Crippen molar-refractivity contribution in [3.8, 4) is 11.1 Å². The van der Waals surface area contributed by atoms with Gasteiger partial charge in [-0.1, -0.05) is 179 Å². The lowest BCUT2D eigenvalue weighted by Crippen LogP contribution is -2.62. The highest BCUT2D eigenvalue weighted by molar-refractivity contribution is 7.00. The maximum absolute atomic E-state index is 2.77. The van der Waals surface area contributed by atoms with E-state index in [0.717, 1.165) is 12.8 Å². The van der Waals surface area contributed by atoms with Crippen LogP contribution in [0.2, 0.25) is 0 Å². The second-order valence-corrected chi connectivity index (χ2v) is 28.9. The Morgan fingerprint density at radius 2 is 0.814 bits per heavy atom. The van der Waals surface area contributed by atoms with Gasteiger partial charge in [0.25, 0.3) is 6.71 Å². The molecule has 2 aliphatic heterocycles. The highest BCUT2D eigenvalue weighted by Gasteiger charge is 2.51. The first-order chi connectivity index (χ1) is 32.3. The molecule has 5 aliphatic rings. The van der Waals surface area contributed by atoms with Gasteiger partial charge in [-0.2, -0.15) is 0 Å². The van der Waals surface area contributed by atoms with E-state index < -0.39 is 0 Å². The molecule has 362 valence electrons. The maximum atomic E-state index is 2.77. The minimum Gasteiger partial charge on any atom is -0.311 e. The van der Waals surface area contributed by atoms with E-state index in [9.17, 15) is 0 Å². The summed E-state index contributed by atoms with van der Waals surface area (Å²) in [6.45, 7) is 46.6. The number of rotatable bonds is 3. The van der Waals surface area contributed by atoms with Crippen LogP contribution in [0.1, 0.15) is 200 Å². The number of anilines is 6. The molecular formula is C67H81BN2. The van der Waals surface area contributed by atoms with Crippen molar-refractivity contribution in [2.75, 3.05) is 9.80 Å². The van der Waals surface area contributed by atoms with Crippen LogP contribution >= 0.6 is 0 Å². The quantitative estimate of drug-likeness (QED) is 0.163. The zero-order valence-corrected chi connectivity index (χ0v) is 46.5. The van der Waals surface area contributed by atoms with Crippen molar-refractivity contribution in [1.29, 1.82) is 0 Å². The predicted octanol–water partition coefficient (Wildman–Crippen LogP) is 16.6. The monoisotopic (exact) mass is 925 g/mol. The fraction of sp³-hybridized carbons (Fsp3) is 0.463. The van der Waals surface area contributed by atoms with Crippen molar-refractivity contribution in [3.05, 3.63) is 147 Å². The minimum absolute atomic E-state index is 0.0166. The van der Waals surface area contributed by atoms with E-state index in [0.29, 0.717) is 0 Å². The second kappa shape index (κ2) is 14.6. The number of aryl methyl sites for hydroxylation is 1. The van der Waals surface area contributed by atoms with Crippen molar-refractivity contribution in [1.82, 2.24) is 0 Å². The first kappa shape index (κ1) is 47.3. The number of fused-ring (bicyclic) bond motifs is 7. The number of hydrogen-bond donors (Lipinski definition) is 0. The molecular weight excluding hydrogens is 844 g/mol. The number of nitrogens with zero attached hydrogens (tertiary/aromatic N) is 2. The molecule has 3 heteroatoms. The van der Waals surface area contributed by atoms with Gasteiger partial charge in [-0.3, -0.25) is 0 Å². The van der Waals surface area contributed by atoms with Crippen molar-refractivity contribution < 1.29 is 0 Å². The summed E-state index contributed by atoms with van der Waals surface area (Å²) in [7, 11) is 0. The average Bonchev–Trinajstić information content (AvgIpc) is 3.56. The van der Waals surface area contributed by atoms with Gasteiger partial charge >= 0.3 is 0 Å². The maximum Gasteiger partial charge on any atom is 0.252 e. The number of hydrogen-bond acceptors (Lipinski definition) is 2. The summed E-state index contributed by atoms with van der Waals surface area (Å²) in [5.74, 6) is 0. The third-order valence-corrected chi connectivity index (χ3v) is 18.5. The van der Waals surface area contributed by atoms with Gasteiger partial charge in [0.1, 0.15) is 0 Å². The third kappa shape index (κ3) is 6.92. The van der Waals surface area contributed by atoms with Crippen molar-refractivity contribution in [2.45, 2.75) is 201 Å². The molecule has 2 heterocycles. The van der Waals surface area contributed by atoms with Gasteiger partial charge in [0.2, 0.25) is 0 Å². The summed E-state index contributed by atoms with van der Waals surface area (Å²) in [5.41, 5.74) is 28.0. The van der Waals surface area contributed by atoms with Gasteiger partial charge in [0.05, 0.1) is 5.69 Å². The molecule has 0 saturated heterocycles. The Kier molecular flexibility index (Phi) is 9.85. The molecule has 6 aromatic carbocycles. The summed E-state index contributed by atoms with van der Waals surface area (Å²) >= 11 is 0. The van der Waals surface area contributed by atoms with Crippen LogP contribution in [-0.4, -0.2) is 6.71 Å². The fourth-order valence-corrected chi connectivity index (χ4v) is 14.9. The van der Waals surface area contributed by atoms with E-state index in [2.05, 4.69) is 238 Å². The minimum atomic E-state index is -0.123. The number of benzene rings is 6. The van der Waals surface area contributed by atoms with Gasteiger partial charge in [0.15, 0.2) is 0 Å². The van der Waals surface area contributed by atoms with E-state index in [1.807, 2.05) is 0 Å². The molecule has 0 bridgehead atoms. The first-order valence-electron chi connectivity index (χ1n) is 26.8. The van der Waals surface area contributed by atoms with Crippen LogP contribution in [0.3, 0.4) is 0 Å². The molecule has 3 aliphatic carbocycles. The molecule has 0 saturated carbocycles. The summed E-state index contributed by atoms with van der Waals surface area (Å²) < 4.78 is 0. The molecule has 11 rings (SSSR count). The molecule has 0 amide bonds. The van der Waals surface area contributed by atoms with Crippen LogP contribution in [0.4, 0.5) is 34.1 Å². The smallest absolute Gasteiger partial charge is 0.252 e. The molecule has 0 radical (unpaired) electrons. The van der Waals surface area contributed by atoms with E-state index in [1.165, 1.54) is 125 Å². The normalized spacial score (nSPS) is 20.3. The van der Waals surface area contributed by atoms with Crippen LogP contribution in [0.5, 0.6) is 0 Å². The second-order valence-electron chi connectivity index (χ2n) is 28.9. The molecule has 2 nitrogen and oxygen atoms in total. The molecule has 0 fully saturated rings. The summed E-state index contributed by atoms with van der Waals surface area (Å²) in [4.78, 5) is 5.52. The molecule has 70 heavy (non-hydrogen) atoms. The van der Waals surface area contributed by atoms with Crippen molar-refractivity contribution >= 4 is 57.2 Å². The molecule has 0 unspecified atom stereocenters. The molecule has 0 N–H and O–H groups in total. The zero-order chi connectivity index (χ0) is 50.4. The highest BCUT2D eigenvalue weighted by atomic mass is 15.2. The fourth-order valence-electron chi connectivity index (χ4n) is 14.9. The Labute approximate surface area is 423 Å². The lowest BCUT2D eigenvalue weighted by atomic mass is 9.32. The van der Waals surface area contributed by atoms with E-state index in [4.69, 9.17) is 0 Å². The molecule has 0 atom stereocenters. The van der Waals surface area contributed by atoms with Gasteiger partial charge in [0, 0.05) is 34.0 Å². The highest BCUT2D eigenvalue weighted by Crippen LogP contribution is 2.57. The largest absolute Gasteiger partial charge is 0.311 e. The Balaban J connectivity index is 1.33. The van der Waals surface area contributed by atoms with Gasteiger partial charge in [-0.25, -0.2) is 0 Å². The SMILES string of the molecule is Cc1cc2c(cc1N1c3cc4c(cc3B3c5cc6c(cc5N(c5ccc(C(C)(C)C)cc5-c5ccccc5)c5cc(C(C)(C)C)cc1c53)C(C)(C)CCC6(C)C)C(C)(C)CC4(C)C)C(C)(C)CC2(C)C. The molecule has 0 aromatic heterocycles. The Morgan fingerprint density at radius 1 is 0.400 bits per heavy atom. The Hall–Kier alpha value is -5.02. The predicted molar refractivity (Wildman–Crippen MR) is 305 cm³/mol. The van der Waals surface area contributed by atoms with Crippen molar-refractivity contribution in [2.24, 2.45) is 0 Å². The van der Waals surface area contributed by atoms with Crippen LogP contribution < -0.4 is 26.2 Å². The third-order valence-electron chi connectivity index (χ3n) is 18.5. The Morgan fingerprint density at radius 3 is 1.30 bits per heavy atom. The standard InChI is InChI=1S/C67H81BN2/c1-40-29-45-49(66(16,17)38-64(45,12)13)35-54(40)70-56-37-50-47(65(14,15)39-67(50,18)19)34-52(56)68-51-33-46-48(63(10,11)28-27-62(46,8)9)36-55(51)69(57-31-43(61(5,6)7)32-58(70)59(57)68)53-26-25-42(60(2,3)4)30-44(53)41-23-21-20-22-24-41/h20-26,29-37H,27-28,38-39H2,1-19H3. The lowest BCUT2D eigenvalue weighted by Gasteiger charge is -2.48. The zero-order valence-electron chi connectivity index (χ0n) is 46.5. The van der Waals surface area contributed by atoms with Crippen LogP contribution in [0.15, 0.2) is 97.1 Å². The van der Waals surface area contributed by atoms with E-state index in [1.54, 1.807) is 0 Å². The van der Waals surface area contributed by atoms with E-state index in [-0.39, 0.29) is 50.0 Å². The molecule has 0 spiro atoms. The van der Waals surface area contributed by atoms with Gasteiger partial charge in [-0.15, -0.1) is 0 Å². The molecule has 6 aromatic rings. The Bertz CT molecular complexity index is 3190. The van der Waals surface area contributed by atoms with Gasteiger partial charge < -0.3 is 9.80 Å². The average molecular weight is 925 g/mol. The van der Waals surface area contributed by atoms with Crippen LogP contribution in [0, 0.1) is 6.92 Å². The summed E-state index contributed by atoms with van der Waals surface area (Å²) in [5, 5.41) is 0. The van der Waals surface area contributed by atoms with Gasteiger partial charge in [-0.05, 0) is 190 Å². The van der Waals surface area contributed by atoms with Crippen molar-refractivity contribution in [3.63, 3.8) is 0 Å². The summed E-state index contributed by atoms with van der Waals surface area (Å²) in [6, 6.07) is 39.9. The lowest BCUT2D eigenvalue weighted by molar-refractivity contribution is 0.332. The first-order valence-corrected chi connectivity index (χ1v) is 26.8.